The summed E-state index contributed by atoms with van der Waals surface area (Å²) in [5.41, 5.74) is 5.00. The fourth-order valence-corrected chi connectivity index (χ4v) is 3.88. The highest BCUT2D eigenvalue weighted by Gasteiger charge is 2.44. The average Bonchev–Trinajstić information content (AvgIpc) is 3.12. The zero-order chi connectivity index (χ0) is 24.7. The van der Waals surface area contributed by atoms with Gasteiger partial charge >= 0.3 is 12.1 Å². The van der Waals surface area contributed by atoms with Gasteiger partial charge in [0.1, 0.15) is 5.82 Å². The Labute approximate surface area is 196 Å². The number of hydrogen-bond acceptors (Lipinski definition) is 5. The topological polar surface area (TPSA) is 90.5 Å². The number of carbonyl (C=O) groups excluding carboxylic acids is 2. The summed E-state index contributed by atoms with van der Waals surface area (Å²) in [5.74, 6) is -6.58. The third-order valence-corrected chi connectivity index (χ3v) is 5.40. The molecule has 1 aromatic carbocycles. The fourth-order valence-electron chi connectivity index (χ4n) is 3.88. The Morgan fingerprint density at radius 1 is 1.18 bits per heavy atom. The molecule has 1 aliphatic rings. The number of imidazole rings is 1. The van der Waals surface area contributed by atoms with E-state index in [0.717, 1.165) is 11.7 Å². The summed E-state index contributed by atoms with van der Waals surface area (Å²) in [7, 11) is 0.994. The lowest BCUT2D eigenvalue weighted by Crippen LogP contribution is -2.44. The van der Waals surface area contributed by atoms with Crippen LogP contribution in [0, 0.1) is 17.5 Å². The number of amides is 1. The van der Waals surface area contributed by atoms with Crippen LogP contribution in [-0.4, -0.2) is 46.0 Å². The van der Waals surface area contributed by atoms with E-state index in [-0.39, 0.29) is 49.6 Å². The van der Waals surface area contributed by atoms with Crippen molar-refractivity contribution in [1.82, 2.24) is 14.5 Å². The summed E-state index contributed by atoms with van der Waals surface area (Å²) in [6.45, 7) is 1.02. The van der Waals surface area contributed by atoms with Crippen LogP contribution in [0.15, 0.2) is 12.1 Å². The molecule has 188 valence electrons. The van der Waals surface area contributed by atoms with Crippen LogP contribution in [0.3, 0.4) is 0 Å². The molecule has 34 heavy (non-hydrogen) atoms. The first kappa shape index (κ1) is 27.4. The SMILES string of the molecule is COC(=O)c1nc(C(F)(F)F)n2c1C(C)N(C(=O)C[C@H](N)Cc1cc(F)c(F)cc1F)CC2.Cl. The van der Waals surface area contributed by atoms with Gasteiger partial charge in [0.05, 0.1) is 18.8 Å². The number of alkyl halides is 3. The second kappa shape index (κ2) is 10.2. The number of aromatic nitrogens is 2. The summed E-state index contributed by atoms with van der Waals surface area (Å²) in [6.07, 6.45) is -5.46. The third kappa shape index (κ3) is 5.30. The second-order valence-electron chi connectivity index (χ2n) is 7.60. The zero-order valence-electron chi connectivity index (χ0n) is 18.0. The Morgan fingerprint density at radius 2 is 1.79 bits per heavy atom. The molecule has 0 bridgehead atoms. The average molecular weight is 515 g/mol. The molecule has 0 aliphatic carbocycles. The highest BCUT2D eigenvalue weighted by atomic mass is 35.5. The molecule has 1 unspecified atom stereocenters. The monoisotopic (exact) mass is 514 g/mol. The Bertz CT molecular complexity index is 1090. The Balaban J connectivity index is 0.00000408. The number of nitrogens with two attached hydrogens (primary N) is 1. The maximum atomic E-state index is 13.9. The van der Waals surface area contributed by atoms with Crippen molar-refractivity contribution < 1.29 is 40.7 Å². The molecule has 1 aromatic heterocycles. The van der Waals surface area contributed by atoms with Crippen molar-refractivity contribution >= 4 is 24.3 Å². The van der Waals surface area contributed by atoms with E-state index in [1.807, 2.05) is 0 Å². The summed E-state index contributed by atoms with van der Waals surface area (Å²) >= 11 is 0. The van der Waals surface area contributed by atoms with Gasteiger partial charge in [-0.3, -0.25) is 4.79 Å². The number of ether oxygens (including phenoxy) is 1. The summed E-state index contributed by atoms with van der Waals surface area (Å²) in [5, 5.41) is 0. The first-order chi connectivity index (χ1) is 15.3. The molecule has 3 rings (SSSR count). The van der Waals surface area contributed by atoms with E-state index in [2.05, 4.69) is 9.72 Å². The Kier molecular flexibility index (Phi) is 8.25. The molecule has 0 saturated carbocycles. The highest BCUT2D eigenvalue weighted by Crippen LogP contribution is 2.36. The van der Waals surface area contributed by atoms with Crippen molar-refractivity contribution in [3.8, 4) is 0 Å². The van der Waals surface area contributed by atoms with Crippen LogP contribution < -0.4 is 5.73 Å². The summed E-state index contributed by atoms with van der Waals surface area (Å²) in [4.78, 5) is 29.5. The fraction of sp³-hybridized carbons (Fsp3) is 0.450. The van der Waals surface area contributed by atoms with Crippen LogP contribution in [-0.2, 0) is 28.7 Å². The lowest BCUT2D eigenvalue weighted by atomic mass is 10.0. The van der Waals surface area contributed by atoms with Crippen molar-refractivity contribution in [3.05, 3.63) is 52.4 Å². The van der Waals surface area contributed by atoms with Crippen molar-refractivity contribution in [3.63, 3.8) is 0 Å². The van der Waals surface area contributed by atoms with E-state index >= 15 is 0 Å². The first-order valence-electron chi connectivity index (χ1n) is 9.79. The predicted molar refractivity (Wildman–Crippen MR) is 109 cm³/mol. The smallest absolute Gasteiger partial charge is 0.449 e. The lowest BCUT2D eigenvalue weighted by Gasteiger charge is -2.36. The van der Waals surface area contributed by atoms with Gasteiger partial charge in [0.15, 0.2) is 17.3 Å². The molecule has 0 fully saturated rings. The minimum absolute atomic E-state index is 0. The summed E-state index contributed by atoms with van der Waals surface area (Å²) in [6, 6.07) is -0.934. The van der Waals surface area contributed by atoms with Gasteiger partial charge in [0.25, 0.3) is 0 Å². The van der Waals surface area contributed by atoms with Crippen molar-refractivity contribution in [2.45, 2.75) is 44.6 Å². The molecule has 0 saturated heterocycles. The number of carbonyl (C=O) groups is 2. The number of esters is 1. The minimum atomic E-state index is -4.83. The number of benzene rings is 1. The first-order valence-corrected chi connectivity index (χ1v) is 9.79. The number of rotatable bonds is 5. The van der Waals surface area contributed by atoms with Gasteiger partial charge < -0.3 is 19.9 Å². The van der Waals surface area contributed by atoms with Gasteiger partial charge in [0, 0.05) is 31.6 Å². The normalized spacial score (nSPS) is 16.5. The van der Waals surface area contributed by atoms with E-state index in [0.29, 0.717) is 12.1 Å². The van der Waals surface area contributed by atoms with E-state index in [1.165, 1.54) is 11.8 Å². The molecular formula is C20H21ClF6N4O3. The van der Waals surface area contributed by atoms with Gasteiger partial charge in [-0.05, 0) is 25.0 Å². The number of fused-ring (bicyclic) bond motifs is 1. The number of nitrogens with zero attached hydrogens (tertiary/aromatic N) is 3. The maximum Gasteiger partial charge on any atom is 0.449 e. The van der Waals surface area contributed by atoms with E-state index in [9.17, 15) is 35.9 Å². The molecular weight excluding hydrogens is 494 g/mol. The van der Waals surface area contributed by atoms with Gasteiger partial charge in [-0.15, -0.1) is 12.4 Å². The van der Waals surface area contributed by atoms with Crippen LogP contribution >= 0.6 is 12.4 Å². The molecule has 7 nitrogen and oxygen atoms in total. The van der Waals surface area contributed by atoms with Gasteiger partial charge in [-0.1, -0.05) is 0 Å². The zero-order valence-corrected chi connectivity index (χ0v) is 18.8. The van der Waals surface area contributed by atoms with E-state index in [1.54, 1.807) is 0 Å². The van der Waals surface area contributed by atoms with Crippen LogP contribution in [0.4, 0.5) is 26.3 Å². The molecule has 2 N–H and O–H groups in total. The van der Waals surface area contributed by atoms with Crippen molar-refractivity contribution in [2.24, 2.45) is 5.73 Å². The largest absolute Gasteiger partial charge is 0.464 e. The maximum absolute atomic E-state index is 13.9. The standard InChI is InChI=1S/C20H20F6N4O3.ClH/c1-9-17-16(18(32)33-2)28-19(20(24,25)26)30(17)4-3-29(9)15(31)7-11(27)5-10-6-13(22)14(23)8-12(10)21;/h6,8-9,11H,3-5,7,27H2,1-2H3;1H/t9?,11-;/m1./s1. The van der Waals surface area contributed by atoms with Gasteiger partial charge in [-0.25, -0.2) is 22.9 Å². The lowest BCUT2D eigenvalue weighted by molar-refractivity contribution is -0.148. The molecule has 2 aromatic rings. The van der Waals surface area contributed by atoms with Crippen LogP contribution in [0.1, 0.15) is 47.0 Å². The van der Waals surface area contributed by atoms with Crippen molar-refractivity contribution in [1.29, 1.82) is 0 Å². The van der Waals surface area contributed by atoms with Gasteiger partial charge in [0.2, 0.25) is 11.7 Å². The molecule has 0 radical (unpaired) electrons. The quantitative estimate of drug-likeness (QED) is 0.375. The number of hydrogen-bond donors (Lipinski definition) is 1. The molecule has 1 aliphatic heterocycles. The molecule has 1 amide bonds. The molecule has 14 heteroatoms. The van der Waals surface area contributed by atoms with E-state index in [4.69, 9.17) is 5.73 Å². The molecule has 2 atom stereocenters. The van der Waals surface area contributed by atoms with Gasteiger partial charge in [-0.2, -0.15) is 13.2 Å². The van der Waals surface area contributed by atoms with Crippen LogP contribution in [0.25, 0.3) is 0 Å². The van der Waals surface area contributed by atoms with E-state index < -0.39 is 59.1 Å². The Morgan fingerprint density at radius 3 is 2.38 bits per heavy atom. The highest BCUT2D eigenvalue weighted by molar-refractivity contribution is 5.89. The Hall–Kier alpha value is -2.80. The summed E-state index contributed by atoms with van der Waals surface area (Å²) < 4.78 is 85.9. The van der Waals surface area contributed by atoms with Crippen molar-refractivity contribution in [2.75, 3.05) is 13.7 Å². The van der Waals surface area contributed by atoms with Crippen LogP contribution in [0.5, 0.6) is 0 Å². The number of halogens is 7. The minimum Gasteiger partial charge on any atom is -0.464 e. The third-order valence-electron chi connectivity index (χ3n) is 5.40. The predicted octanol–water partition coefficient (Wildman–Crippen LogP) is 3.39. The molecule has 2 heterocycles. The second-order valence-corrected chi connectivity index (χ2v) is 7.60. The van der Waals surface area contributed by atoms with Crippen LogP contribution in [0.2, 0.25) is 0 Å². The molecule has 0 spiro atoms. The number of methoxy groups -OCH3 is 1.